The predicted molar refractivity (Wildman–Crippen MR) is 81.8 cm³/mol. The highest BCUT2D eigenvalue weighted by molar-refractivity contribution is 5.34. The van der Waals surface area contributed by atoms with Crippen molar-refractivity contribution in [3.05, 3.63) is 71.3 Å². The van der Waals surface area contributed by atoms with Crippen molar-refractivity contribution in [1.82, 2.24) is 5.32 Å². The zero-order chi connectivity index (χ0) is 13.8. The molecule has 0 amide bonds. The van der Waals surface area contributed by atoms with E-state index in [2.05, 4.69) is 23.5 Å². The van der Waals surface area contributed by atoms with Crippen molar-refractivity contribution in [3.63, 3.8) is 0 Å². The Morgan fingerprint density at radius 3 is 2.35 bits per heavy atom. The minimum Gasteiger partial charge on any atom is -0.384 e. The quantitative estimate of drug-likeness (QED) is 0.895. The van der Waals surface area contributed by atoms with Gasteiger partial charge in [-0.2, -0.15) is 0 Å². The van der Waals surface area contributed by atoms with Gasteiger partial charge in [-0.05, 0) is 48.5 Å². The lowest BCUT2D eigenvalue weighted by Gasteiger charge is -2.24. The minimum atomic E-state index is -0.530. The molecule has 2 nitrogen and oxygen atoms in total. The second-order valence-electron chi connectivity index (χ2n) is 5.51. The molecule has 1 unspecified atom stereocenters. The lowest BCUT2D eigenvalue weighted by atomic mass is 9.88. The molecule has 1 heterocycles. The van der Waals surface area contributed by atoms with Crippen LogP contribution in [0.5, 0.6) is 0 Å². The van der Waals surface area contributed by atoms with Gasteiger partial charge < -0.3 is 10.4 Å². The summed E-state index contributed by atoms with van der Waals surface area (Å²) >= 11 is 0. The number of hydrogen-bond donors (Lipinski definition) is 2. The molecule has 0 aromatic heterocycles. The van der Waals surface area contributed by atoms with E-state index >= 15 is 0 Å². The maximum absolute atomic E-state index is 10.5. The molecule has 0 aliphatic carbocycles. The first kappa shape index (κ1) is 13.3. The Morgan fingerprint density at radius 1 is 0.900 bits per heavy atom. The van der Waals surface area contributed by atoms with Gasteiger partial charge in [0.1, 0.15) is 6.10 Å². The Kier molecular flexibility index (Phi) is 4.14. The van der Waals surface area contributed by atoms with Gasteiger partial charge in [-0.3, -0.25) is 0 Å². The number of rotatable bonds is 3. The van der Waals surface area contributed by atoms with E-state index in [1.165, 1.54) is 18.4 Å². The molecule has 20 heavy (non-hydrogen) atoms. The third-order valence-corrected chi connectivity index (χ3v) is 4.15. The maximum Gasteiger partial charge on any atom is 0.104 e. The Balaban J connectivity index is 1.83. The van der Waals surface area contributed by atoms with Crippen LogP contribution in [0.1, 0.15) is 41.6 Å². The van der Waals surface area contributed by atoms with Gasteiger partial charge in [0.2, 0.25) is 0 Å². The molecule has 1 atom stereocenters. The van der Waals surface area contributed by atoms with Gasteiger partial charge in [-0.25, -0.2) is 0 Å². The Morgan fingerprint density at radius 2 is 1.60 bits per heavy atom. The second kappa shape index (κ2) is 6.21. The summed E-state index contributed by atoms with van der Waals surface area (Å²) in [4.78, 5) is 0. The average molecular weight is 267 g/mol. The molecular formula is C18H21NO. The Labute approximate surface area is 120 Å². The van der Waals surface area contributed by atoms with Crippen molar-refractivity contribution in [2.45, 2.75) is 24.9 Å². The highest BCUT2D eigenvalue weighted by Gasteiger charge is 2.17. The molecule has 3 rings (SSSR count). The van der Waals surface area contributed by atoms with E-state index in [4.69, 9.17) is 0 Å². The van der Waals surface area contributed by atoms with Gasteiger partial charge in [0.05, 0.1) is 0 Å². The van der Waals surface area contributed by atoms with Crippen molar-refractivity contribution in [3.8, 4) is 0 Å². The molecule has 0 saturated carbocycles. The summed E-state index contributed by atoms with van der Waals surface area (Å²) in [5.74, 6) is 0.624. The summed E-state index contributed by atoms with van der Waals surface area (Å²) < 4.78 is 0. The summed E-state index contributed by atoms with van der Waals surface area (Å²) in [7, 11) is 0. The van der Waals surface area contributed by atoms with Gasteiger partial charge in [-0.1, -0.05) is 54.6 Å². The number of piperidine rings is 1. The van der Waals surface area contributed by atoms with Gasteiger partial charge in [0.15, 0.2) is 0 Å². The fraction of sp³-hybridized carbons (Fsp3) is 0.333. The SMILES string of the molecule is OC(c1ccccc1)c1cccc(C2CCNCC2)c1. The van der Waals surface area contributed by atoms with Gasteiger partial charge in [-0.15, -0.1) is 0 Å². The maximum atomic E-state index is 10.5. The van der Waals surface area contributed by atoms with Crippen molar-refractivity contribution < 1.29 is 5.11 Å². The van der Waals surface area contributed by atoms with Gasteiger partial charge in [0.25, 0.3) is 0 Å². The predicted octanol–water partition coefficient (Wildman–Crippen LogP) is 3.24. The molecule has 1 saturated heterocycles. The van der Waals surface area contributed by atoms with Crippen LogP contribution in [0.2, 0.25) is 0 Å². The summed E-state index contributed by atoms with van der Waals surface area (Å²) in [5, 5.41) is 13.9. The molecule has 1 fully saturated rings. The van der Waals surface area contributed by atoms with E-state index in [9.17, 15) is 5.11 Å². The van der Waals surface area contributed by atoms with Crippen LogP contribution in [0.25, 0.3) is 0 Å². The number of aliphatic hydroxyl groups is 1. The first-order chi connectivity index (χ1) is 9.84. The summed E-state index contributed by atoms with van der Waals surface area (Å²) in [5.41, 5.74) is 3.31. The second-order valence-corrected chi connectivity index (χ2v) is 5.51. The molecule has 104 valence electrons. The molecule has 1 aliphatic heterocycles. The number of hydrogen-bond acceptors (Lipinski definition) is 2. The lowest BCUT2D eigenvalue weighted by molar-refractivity contribution is 0.220. The zero-order valence-corrected chi connectivity index (χ0v) is 11.6. The average Bonchev–Trinajstić information content (AvgIpc) is 2.56. The van der Waals surface area contributed by atoms with Crippen LogP contribution < -0.4 is 5.32 Å². The summed E-state index contributed by atoms with van der Waals surface area (Å²) in [6, 6.07) is 18.3. The van der Waals surface area contributed by atoms with Crippen molar-refractivity contribution in [2.24, 2.45) is 0 Å². The number of aliphatic hydroxyl groups excluding tert-OH is 1. The van der Waals surface area contributed by atoms with Crippen LogP contribution in [0.15, 0.2) is 54.6 Å². The van der Waals surface area contributed by atoms with Crippen molar-refractivity contribution in [2.75, 3.05) is 13.1 Å². The Bertz CT molecular complexity index is 546. The van der Waals surface area contributed by atoms with Gasteiger partial charge >= 0.3 is 0 Å². The zero-order valence-electron chi connectivity index (χ0n) is 11.6. The molecule has 2 heteroatoms. The number of nitrogens with one attached hydrogen (secondary N) is 1. The van der Waals surface area contributed by atoms with E-state index in [-0.39, 0.29) is 0 Å². The summed E-state index contributed by atoms with van der Waals surface area (Å²) in [6.45, 7) is 2.19. The number of benzene rings is 2. The standard InChI is InChI=1S/C18H21NO/c20-18(15-5-2-1-3-6-15)17-8-4-7-16(13-17)14-9-11-19-12-10-14/h1-8,13-14,18-20H,9-12H2. The molecule has 0 bridgehead atoms. The molecule has 0 spiro atoms. The van der Waals surface area contributed by atoms with E-state index in [1.807, 2.05) is 36.4 Å². The molecule has 0 radical (unpaired) electrons. The van der Waals surface area contributed by atoms with Crippen LogP contribution in [0.4, 0.5) is 0 Å². The van der Waals surface area contributed by atoms with E-state index < -0.39 is 6.10 Å². The highest BCUT2D eigenvalue weighted by atomic mass is 16.3. The fourth-order valence-corrected chi connectivity index (χ4v) is 2.97. The van der Waals surface area contributed by atoms with E-state index in [0.29, 0.717) is 5.92 Å². The summed E-state index contributed by atoms with van der Waals surface area (Å²) in [6.07, 6.45) is 1.84. The molecular weight excluding hydrogens is 246 g/mol. The highest BCUT2D eigenvalue weighted by Crippen LogP contribution is 2.29. The smallest absolute Gasteiger partial charge is 0.104 e. The lowest BCUT2D eigenvalue weighted by Crippen LogP contribution is -2.26. The van der Waals surface area contributed by atoms with Gasteiger partial charge in [0, 0.05) is 0 Å². The van der Waals surface area contributed by atoms with Crippen LogP contribution in [-0.2, 0) is 0 Å². The topological polar surface area (TPSA) is 32.3 Å². The molecule has 2 N–H and O–H groups in total. The van der Waals surface area contributed by atoms with E-state index in [1.54, 1.807) is 0 Å². The van der Waals surface area contributed by atoms with E-state index in [0.717, 1.165) is 24.2 Å². The van der Waals surface area contributed by atoms with Crippen LogP contribution >= 0.6 is 0 Å². The van der Waals surface area contributed by atoms with Crippen LogP contribution in [0, 0.1) is 0 Å². The van der Waals surface area contributed by atoms with Crippen LogP contribution in [-0.4, -0.2) is 18.2 Å². The third kappa shape index (κ3) is 2.92. The third-order valence-electron chi connectivity index (χ3n) is 4.15. The normalized spacial score (nSPS) is 17.9. The fourth-order valence-electron chi connectivity index (χ4n) is 2.97. The minimum absolute atomic E-state index is 0.530. The molecule has 2 aromatic rings. The Hall–Kier alpha value is -1.64. The van der Waals surface area contributed by atoms with Crippen molar-refractivity contribution in [1.29, 1.82) is 0 Å². The van der Waals surface area contributed by atoms with Crippen molar-refractivity contribution >= 4 is 0 Å². The molecule has 1 aliphatic rings. The first-order valence-electron chi connectivity index (χ1n) is 7.38. The largest absolute Gasteiger partial charge is 0.384 e. The van der Waals surface area contributed by atoms with Crippen LogP contribution in [0.3, 0.4) is 0 Å². The first-order valence-corrected chi connectivity index (χ1v) is 7.38. The monoisotopic (exact) mass is 267 g/mol. The molecule has 2 aromatic carbocycles.